The molecule has 2 rings (SSSR count). The topological polar surface area (TPSA) is 55.5 Å². The minimum atomic E-state index is -0.659. The lowest BCUT2D eigenvalue weighted by atomic mass is 9.77. The highest BCUT2D eigenvalue weighted by molar-refractivity contribution is 5.19. The summed E-state index contributed by atoms with van der Waals surface area (Å²) in [5, 5.41) is 10.3. The molecular weight excluding hydrogens is 166 g/mol. The Balaban J connectivity index is 2.09. The van der Waals surface area contributed by atoms with Crippen molar-refractivity contribution in [3.8, 4) is 0 Å². The summed E-state index contributed by atoms with van der Waals surface area (Å²) < 4.78 is 5.15. The van der Waals surface area contributed by atoms with Crippen LogP contribution in [0.4, 0.5) is 0 Å². The molecule has 1 fully saturated rings. The van der Waals surface area contributed by atoms with Crippen LogP contribution >= 0.6 is 0 Å². The van der Waals surface area contributed by atoms with Gasteiger partial charge in [0, 0.05) is 12.5 Å². The number of aliphatic hydroxyl groups is 1. The van der Waals surface area contributed by atoms with Crippen LogP contribution in [0, 0.1) is 0 Å². The van der Waals surface area contributed by atoms with Gasteiger partial charge in [-0.1, -0.05) is 0 Å². The fourth-order valence-electron chi connectivity index (χ4n) is 2.32. The predicted molar refractivity (Wildman–Crippen MR) is 50.0 cm³/mol. The number of nitrogens with two attached hydrogens (primary N) is 1. The van der Waals surface area contributed by atoms with E-state index in [1.165, 1.54) is 0 Å². The van der Waals surface area contributed by atoms with Gasteiger partial charge in [0.05, 0.1) is 18.5 Å². The molecule has 0 amide bonds. The van der Waals surface area contributed by atoms with Gasteiger partial charge in [-0.25, -0.2) is 0 Å². The van der Waals surface area contributed by atoms with Crippen LogP contribution in [-0.2, 0) is 4.74 Å². The van der Waals surface area contributed by atoms with Crippen LogP contribution in [0.3, 0.4) is 0 Å². The Hall–Kier alpha value is -0.540. The molecule has 3 N–H and O–H groups in total. The van der Waals surface area contributed by atoms with Crippen molar-refractivity contribution in [2.75, 3.05) is 6.61 Å². The minimum Gasteiger partial charge on any atom is -0.501 e. The Morgan fingerprint density at radius 3 is 3.08 bits per heavy atom. The molecule has 0 radical (unpaired) electrons. The van der Waals surface area contributed by atoms with Crippen molar-refractivity contribution in [1.29, 1.82) is 0 Å². The Morgan fingerprint density at radius 2 is 2.46 bits per heavy atom. The molecule has 1 saturated carbocycles. The van der Waals surface area contributed by atoms with E-state index in [0.717, 1.165) is 31.3 Å². The van der Waals surface area contributed by atoms with Gasteiger partial charge in [-0.3, -0.25) is 0 Å². The number of rotatable bonds is 1. The summed E-state index contributed by atoms with van der Waals surface area (Å²) in [5.41, 5.74) is 6.24. The van der Waals surface area contributed by atoms with Crippen molar-refractivity contribution in [2.45, 2.75) is 43.7 Å². The van der Waals surface area contributed by atoms with E-state index in [1.807, 2.05) is 0 Å². The average molecular weight is 183 g/mol. The molecule has 0 aromatic rings. The average Bonchev–Trinajstić information content (AvgIpc) is 2.55. The zero-order chi connectivity index (χ0) is 9.31. The van der Waals surface area contributed by atoms with Gasteiger partial charge >= 0.3 is 0 Å². The second-order valence-electron chi connectivity index (χ2n) is 4.15. The minimum absolute atomic E-state index is 0.153. The molecule has 2 atom stereocenters. The quantitative estimate of drug-likeness (QED) is 0.635. The summed E-state index contributed by atoms with van der Waals surface area (Å²) in [4.78, 5) is 0. The number of hydrogen-bond donors (Lipinski definition) is 2. The molecule has 0 aromatic carbocycles. The van der Waals surface area contributed by atoms with Crippen molar-refractivity contribution in [2.24, 2.45) is 5.73 Å². The zero-order valence-corrected chi connectivity index (χ0v) is 7.83. The van der Waals surface area contributed by atoms with Crippen molar-refractivity contribution in [1.82, 2.24) is 0 Å². The Labute approximate surface area is 78.6 Å². The van der Waals surface area contributed by atoms with Gasteiger partial charge in [-0.2, -0.15) is 0 Å². The molecule has 0 bridgehead atoms. The lowest BCUT2D eigenvalue weighted by Crippen LogP contribution is -2.42. The summed E-state index contributed by atoms with van der Waals surface area (Å²) in [6.45, 7) is 0.715. The summed E-state index contributed by atoms with van der Waals surface area (Å²) in [5.74, 6) is 0. The van der Waals surface area contributed by atoms with Crippen LogP contribution in [0.15, 0.2) is 11.8 Å². The Bertz CT molecular complexity index is 227. The van der Waals surface area contributed by atoms with Crippen LogP contribution in [-0.4, -0.2) is 23.4 Å². The van der Waals surface area contributed by atoms with Crippen LogP contribution < -0.4 is 5.73 Å². The summed E-state index contributed by atoms with van der Waals surface area (Å²) in [6, 6.07) is 0.153. The molecule has 1 aliphatic heterocycles. The first-order chi connectivity index (χ1) is 6.21. The third-order valence-corrected chi connectivity index (χ3v) is 3.08. The van der Waals surface area contributed by atoms with E-state index in [1.54, 1.807) is 6.26 Å². The van der Waals surface area contributed by atoms with E-state index in [0.29, 0.717) is 13.0 Å². The monoisotopic (exact) mass is 183 g/mol. The highest BCUT2D eigenvalue weighted by atomic mass is 16.5. The Kier molecular flexibility index (Phi) is 2.30. The molecular formula is C10H17NO2. The third-order valence-electron chi connectivity index (χ3n) is 3.08. The summed E-state index contributed by atoms with van der Waals surface area (Å²) >= 11 is 0. The molecule has 3 heteroatoms. The second kappa shape index (κ2) is 3.31. The third kappa shape index (κ3) is 1.71. The van der Waals surface area contributed by atoms with E-state index in [9.17, 15) is 5.11 Å². The first-order valence-electron chi connectivity index (χ1n) is 5.00. The number of hydrogen-bond acceptors (Lipinski definition) is 3. The van der Waals surface area contributed by atoms with Gasteiger partial charge in [0.2, 0.25) is 0 Å². The molecule has 74 valence electrons. The second-order valence-corrected chi connectivity index (χ2v) is 4.15. The molecule has 2 unspecified atom stereocenters. The fourth-order valence-corrected chi connectivity index (χ4v) is 2.32. The maximum Gasteiger partial charge on any atom is 0.0912 e. The fraction of sp³-hybridized carbons (Fsp3) is 0.800. The highest BCUT2D eigenvalue weighted by Crippen LogP contribution is 2.36. The lowest BCUT2D eigenvalue weighted by Gasteiger charge is -2.35. The Morgan fingerprint density at radius 1 is 1.62 bits per heavy atom. The smallest absolute Gasteiger partial charge is 0.0912 e. The van der Waals surface area contributed by atoms with E-state index >= 15 is 0 Å². The van der Waals surface area contributed by atoms with E-state index in [2.05, 4.69) is 0 Å². The SMILES string of the molecule is NC1CCCC(O)(C2=COCC2)C1. The largest absolute Gasteiger partial charge is 0.501 e. The molecule has 1 heterocycles. The maximum absolute atomic E-state index is 10.3. The zero-order valence-electron chi connectivity index (χ0n) is 7.83. The normalized spacial score (nSPS) is 39.8. The molecule has 2 aliphatic rings. The van der Waals surface area contributed by atoms with Crippen LogP contribution in [0.5, 0.6) is 0 Å². The molecule has 3 nitrogen and oxygen atoms in total. The molecule has 0 saturated heterocycles. The summed E-state index contributed by atoms with van der Waals surface area (Å²) in [6.07, 6.45) is 6.19. The first kappa shape index (κ1) is 9.03. The van der Waals surface area contributed by atoms with Crippen molar-refractivity contribution < 1.29 is 9.84 Å². The summed E-state index contributed by atoms with van der Waals surface area (Å²) in [7, 11) is 0. The molecule has 0 aromatic heterocycles. The van der Waals surface area contributed by atoms with Crippen molar-refractivity contribution in [3.63, 3.8) is 0 Å². The van der Waals surface area contributed by atoms with Gasteiger partial charge < -0.3 is 15.6 Å². The molecule has 13 heavy (non-hydrogen) atoms. The van der Waals surface area contributed by atoms with Crippen molar-refractivity contribution in [3.05, 3.63) is 11.8 Å². The van der Waals surface area contributed by atoms with Crippen molar-refractivity contribution >= 4 is 0 Å². The van der Waals surface area contributed by atoms with Gasteiger partial charge in [-0.15, -0.1) is 0 Å². The van der Waals surface area contributed by atoms with Crippen LogP contribution in [0.2, 0.25) is 0 Å². The van der Waals surface area contributed by atoms with E-state index < -0.39 is 5.60 Å². The number of ether oxygens (including phenoxy) is 1. The van der Waals surface area contributed by atoms with Crippen LogP contribution in [0.25, 0.3) is 0 Å². The standard InChI is InChI=1S/C10H17NO2/c11-9-2-1-4-10(12,6-9)8-3-5-13-7-8/h7,9,12H,1-6,11H2. The van der Waals surface area contributed by atoms with Gasteiger partial charge in [-0.05, 0) is 31.3 Å². The predicted octanol–water partition coefficient (Wildman–Crippen LogP) is 0.923. The molecule has 1 aliphatic carbocycles. The highest BCUT2D eigenvalue weighted by Gasteiger charge is 2.37. The first-order valence-corrected chi connectivity index (χ1v) is 5.00. The van der Waals surface area contributed by atoms with Gasteiger partial charge in [0.1, 0.15) is 0 Å². The van der Waals surface area contributed by atoms with Crippen LogP contribution in [0.1, 0.15) is 32.1 Å². The van der Waals surface area contributed by atoms with E-state index in [-0.39, 0.29) is 6.04 Å². The van der Waals surface area contributed by atoms with Gasteiger partial charge in [0.15, 0.2) is 0 Å². The van der Waals surface area contributed by atoms with Gasteiger partial charge in [0.25, 0.3) is 0 Å². The lowest BCUT2D eigenvalue weighted by molar-refractivity contribution is 0.0305. The van der Waals surface area contributed by atoms with E-state index in [4.69, 9.17) is 10.5 Å². The molecule has 0 spiro atoms. The maximum atomic E-state index is 10.3.